The number of methoxy groups -OCH3 is 1. The first-order chi connectivity index (χ1) is 10.3. The molecule has 1 N–H and O–H groups in total. The van der Waals surface area contributed by atoms with Gasteiger partial charge in [-0.2, -0.15) is 0 Å². The number of hydrogen-bond acceptors (Lipinski definition) is 4. The van der Waals surface area contributed by atoms with E-state index in [0.29, 0.717) is 0 Å². The lowest BCUT2D eigenvalue weighted by molar-refractivity contribution is 0.199. The first kappa shape index (κ1) is 14.4. The Morgan fingerprint density at radius 1 is 1.43 bits per heavy atom. The van der Waals surface area contributed by atoms with Crippen molar-refractivity contribution < 1.29 is 4.74 Å². The molecule has 3 heterocycles. The molecule has 1 atom stereocenters. The van der Waals surface area contributed by atoms with Crippen molar-refractivity contribution in [1.29, 1.82) is 0 Å². The van der Waals surface area contributed by atoms with Crippen molar-refractivity contribution in [3.63, 3.8) is 0 Å². The lowest BCUT2D eigenvalue weighted by Crippen LogP contribution is -2.24. The zero-order valence-corrected chi connectivity index (χ0v) is 12.9. The second-order valence-corrected chi connectivity index (χ2v) is 5.82. The van der Waals surface area contributed by atoms with E-state index in [4.69, 9.17) is 9.72 Å². The predicted molar refractivity (Wildman–Crippen MR) is 84.8 cm³/mol. The molecule has 114 valence electrons. The number of nitrogens with zero attached hydrogens (tertiary/aromatic N) is 3. The van der Waals surface area contributed by atoms with Gasteiger partial charge in [0.1, 0.15) is 5.65 Å². The van der Waals surface area contributed by atoms with Gasteiger partial charge in [-0.1, -0.05) is 13.0 Å². The van der Waals surface area contributed by atoms with Crippen LogP contribution in [0.1, 0.15) is 19.0 Å². The third-order valence-electron chi connectivity index (χ3n) is 4.11. The summed E-state index contributed by atoms with van der Waals surface area (Å²) in [6.45, 7) is 6.92. The Morgan fingerprint density at radius 2 is 2.33 bits per heavy atom. The minimum absolute atomic E-state index is 0.729. The van der Waals surface area contributed by atoms with Crippen LogP contribution in [0.25, 0.3) is 5.65 Å². The fraction of sp³-hybridized carbons (Fsp3) is 0.562. The van der Waals surface area contributed by atoms with Crippen molar-refractivity contribution in [2.24, 2.45) is 5.92 Å². The average Bonchev–Trinajstić information content (AvgIpc) is 3.07. The topological polar surface area (TPSA) is 41.8 Å². The molecule has 2 aromatic rings. The van der Waals surface area contributed by atoms with Gasteiger partial charge in [0.25, 0.3) is 0 Å². The van der Waals surface area contributed by atoms with Gasteiger partial charge in [0, 0.05) is 39.5 Å². The summed E-state index contributed by atoms with van der Waals surface area (Å²) in [6, 6.07) is 6.17. The molecule has 2 aromatic heterocycles. The number of rotatable bonds is 6. The van der Waals surface area contributed by atoms with Crippen molar-refractivity contribution in [3.8, 4) is 0 Å². The molecular formula is C16H24N4O. The highest BCUT2D eigenvalue weighted by molar-refractivity contribution is 5.56. The summed E-state index contributed by atoms with van der Waals surface area (Å²) >= 11 is 0. The normalized spacial score (nSPS) is 18.8. The van der Waals surface area contributed by atoms with Gasteiger partial charge in [-0.05, 0) is 24.5 Å². The molecule has 5 nitrogen and oxygen atoms in total. The molecule has 0 amide bonds. The maximum atomic E-state index is 5.10. The number of aromatic nitrogens is 2. The Balaban J connectivity index is 1.86. The first-order valence-electron chi connectivity index (χ1n) is 7.70. The van der Waals surface area contributed by atoms with E-state index >= 15 is 0 Å². The van der Waals surface area contributed by atoms with E-state index in [-0.39, 0.29) is 0 Å². The van der Waals surface area contributed by atoms with Crippen LogP contribution < -0.4 is 10.2 Å². The summed E-state index contributed by atoms with van der Waals surface area (Å²) in [5, 5.41) is 3.44. The monoisotopic (exact) mass is 288 g/mol. The highest BCUT2D eigenvalue weighted by atomic mass is 16.5. The molecule has 0 saturated carbocycles. The minimum atomic E-state index is 0.729. The van der Waals surface area contributed by atoms with Gasteiger partial charge in [-0.25, -0.2) is 4.98 Å². The smallest absolute Gasteiger partial charge is 0.152 e. The molecule has 1 fully saturated rings. The highest BCUT2D eigenvalue weighted by Crippen LogP contribution is 2.27. The molecular weight excluding hydrogens is 264 g/mol. The second kappa shape index (κ2) is 6.45. The summed E-state index contributed by atoms with van der Waals surface area (Å²) in [5.41, 5.74) is 2.27. The Bertz CT molecular complexity index is 595. The first-order valence-corrected chi connectivity index (χ1v) is 7.70. The van der Waals surface area contributed by atoms with Crippen LogP contribution in [0, 0.1) is 5.92 Å². The van der Waals surface area contributed by atoms with Gasteiger partial charge in [0.2, 0.25) is 0 Å². The molecule has 1 saturated heterocycles. The summed E-state index contributed by atoms with van der Waals surface area (Å²) < 4.78 is 7.29. The Kier molecular flexibility index (Phi) is 4.41. The molecule has 0 bridgehead atoms. The maximum Gasteiger partial charge on any atom is 0.152 e. The Labute approximate surface area is 125 Å². The fourth-order valence-corrected chi connectivity index (χ4v) is 2.96. The molecule has 0 spiro atoms. The lowest BCUT2D eigenvalue weighted by Gasteiger charge is -2.17. The van der Waals surface area contributed by atoms with Gasteiger partial charge in [0.05, 0.1) is 12.3 Å². The van der Waals surface area contributed by atoms with Crippen molar-refractivity contribution >= 4 is 11.5 Å². The van der Waals surface area contributed by atoms with E-state index < -0.39 is 0 Å². The Morgan fingerprint density at radius 3 is 3.10 bits per heavy atom. The zero-order valence-electron chi connectivity index (χ0n) is 12.9. The van der Waals surface area contributed by atoms with Crippen molar-refractivity contribution in [2.45, 2.75) is 19.9 Å². The third-order valence-corrected chi connectivity index (χ3v) is 4.11. The number of ether oxygens (including phenoxy) is 1. The van der Waals surface area contributed by atoms with Crippen LogP contribution in [-0.4, -0.2) is 42.7 Å². The van der Waals surface area contributed by atoms with Crippen LogP contribution in [0.15, 0.2) is 24.4 Å². The molecule has 21 heavy (non-hydrogen) atoms. The van der Waals surface area contributed by atoms with E-state index in [1.807, 2.05) is 6.07 Å². The van der Waals surface area contributed by atoms with Crippen LogP contribution in [0.5, 0.6) is 0 Å². The van der Waals surface area contributed by atoms with Gasteiger partial charge < -0.3 is 19.4 Å². The van der Waals surface area contributed by atoms with E-state index in [0.717, 1.165) is 50.2 Å². The molecule has 0 aliphatic carbocycles. The van der Waals surface area contributed by atoms with Crippen molar-refractivity contribution in [2.75, 3.05) is 38.3 Å². The number of hydrogen-bond donors (Lipinski definition) is 1. The number of pyridine rings is 1. The zero-order chi connectivity index (χ0) is 14.7. The van der Waals surface area contributed by atoms with Crippen LogP contribution in [0.3, 0.4) is 0 Å². The maximum absolute atomic E-state index is 5.10. The minimum Gasteiger partial charge on any atom is -0.383 e. The molecule has 0 radical (unpaired) electrons. The quantitative estimate of drug-likeness (QED) is 0.825. The predicted octanol–water partition coefficient (Wildman–Crippen LogP) is 1.92. The van der Waals surface area contributed by atoms with Gasteiger partial charge in [-0.15, -0.1) is 0 Å². The summed E-state index contributed by atoms with van der Waals surface area (Å²) in [5.74, 6) is 1.89. The summed E-state index contributed by atoms with van der Waals surface area (Å²) in [6.07, 6.45) is 3.35. The molecule has 1 aliphatic rings. The standard InChI is InChI=1S/C16H24N4O/c1-13-6-9-19(12-13)16-14(11-17-7-10-21-2)20-8-4-3-5-15(20)18-16/h3-5,8,13,17H,6-7,9-12H2,1-2H3. The highest BCUT2D eigenvalue weighted by Gasteiger charge is 2.24. The molecule has 1 aliphatic heterocycles. The average molecular weight is 288 g/mol. The number of nitrogens with one attached hydrogen (secondary N) is 1. The van der Waals surface area contributed by atoms with Crippen molar-refractivity contribution in [1.82, 2.24) is 14.7 Å². The molecule has 5 heteroatoms. The third kappa shape index (κ3) is 3.04. The largest absolute Gasteiger partial charge is 0.383 e. The van der Waals surface area contributed by atoms with Crippen molar-refractivity contribution in [3.05, 3.63) is 30.1 Å². The van der Waals surface area contributed by atoms with E-state index in [9.17, 15) is 0 Å². The number of imidazole rings is 1. The van der Waals surface area contributed by atoms with E-state index in [2.05, 4.69) is 39.9 Å². The SMILES string of the molecule is COCCNCc1c(N2CCC(C)C2)nc2ccccn12. The summed E-state index contributed by atoms with van der Waals surface area (Å²) in [7, 11) is 1.73. The van der Waals surface area contributed by atoms with Crippen LogP contribution in [-0.2, 0) is 11.3 Å². The number of anilines is 1. The van der Waals surface area contributed by atoms with E-state index in [1.165, 1.54) is 12.1 Å². The molecule has 0 aromatic carbocycles. The van der Waals surface area contributed by atoms with Gasteiger partial charge in [-0.3, -0.25) is 0 Å². The van der Waals surface area contributed by atoms with E-state index in [1.54, 1.807) is 7.11 Å². The fourth-order valence-electron chi connectivity index (χ4n) is 2.96. The number of fused-ring (bicyclic) bond motifs is 1. The Hall–Kier alpha value is -1.59. The lowest BCUT2D eigenvalue weighted by atomic mass is 10.2. The summed E-state index contributed by atoms with van der Waals surface area (Å²) in [4.78, 5) is 7.27. The van der Waals surface area contributed by atoms with Crippen LogP contribution in [0.2, 0.25) is 0 Å². The van der Waals surface area contributed by atoms with Crippen LogP contribution in [0.4, 0.5) is 5.82 Å². The van der Waals surface area contributed by atoms with Gasteiger partial charge >= 0.3 is 0 Å². The molecule has 3 rings (SSSR count). The molecule has 1 unspecified atom stereocenters. The van der Waals surface area contributed by atoms with Gasteiger partial charge in [0.15, 0.2) is 5.82 Å². The van der Waals surface area contributed by atoms with Crippen LogP contribution >= 0.6 is 0 Å². The second-order valence-electron chi connectivity index (χ2n) is 5.82.